The quantitative estimate of drug-likeness (QED) is 0.340. The molecule has 0 radical (unpaired) electrons. The zero-order valence-corrected chi connectivity index (χ0v) is 11.7. The fraction of sp³-hybridized carbons (Fsp3) is 0.556. The first-order valence-electron chi connectivity index (χ1n) is 5.88. The van der Waals surface area contributed by atoms with Gasteiger partial charge in [-0.15, -0.1) is 0 Å². The number of nitrogens with zero attached hydrogens (tertiary/aromatic N) is 2. The summed E-state index contributed by atoms with van der Waals surface area (Å²) in [6, 6.07) is 0.742. The summed E-state index contributed by atoms with van der Waals surface area (Å²) in [6.07, 6.45) is -4.87. The lowest BCUT2D eigenvalue weighted by Gasteiger charge is -2.18. The van der Waals surface area contributed by atoms with Crippen LogP contribution in [0.2, 0.25) is 0 Å². The molecular formula is C9H13N2O10P. The van der Waals surface area contributed by atoms with Crippen molar-refractivity contribution in [1.29, 1.82) is 0 Å². The number of aliphatic hydroxyl groups excluding tert-OH is 3. The molecule has 12 nitrogen and oxygen atoms in total. The van der Waals surface area contributed by atoms with Crippen molar-refractivity contribution in [3.63, 3.8) is 0 Å². The lowest BCUT2D eigenvalue weighted by molar-refractivity contribution is -0.0571. The first-order chi connectivity index (χ1) is 10.2. The third-order valence-electron chi connectivity index (χ3n) is 2.95. The molecule has 0 aliphatic carbocycles. The molecule has 0 unspecified atom stereocenters. The molecule has 2 heterocycles. The van der Waals surface area contributed by atoms with E-state index in [1.807, 2.05) is 0 Å². The highest BCUT2D eigenvalue weighted by molar-refractivity contribution is 7.46. The molecule has 22 heavy (non-hydrogen) atoms. The number of phosphoric acid groups is 1. The minimum atomic E-state index is -5.18. The van der Waals surface area contributed by atoms with Crippen LogP contribution >= 0.6 is 7.82 Å². The fourth-order valence-corrected chi connectivity index (χ4v) is 2.32. The molecule has 5 N–H and O–H groups in total. The van der Waals surface area contributed by atoms with Crippen LogP contribution in [0.4, 0.5) is 0 Å². The van der Waals surface area contributed by atoms with Gasteiger partial charge in [0.1, 0.15) is 18.3 Å². The minimum absolute atomic E-state index is 0.199. The Labute approximate surface area is 121 Å². The predicted molar refractivity (Wildman–Crippen MR) is 66.6 cm³/mol. The molecule has 0 saturated carbocycles. The molecule has 1 saturated heterocycles. The first-order valence-corrected chi connectivity index (χ1v) is 7.41. The number of hydrogen-bond donors (Lipinski definition) is 5. The maximum Gasteiger partial charge on any atom is 0.544 e. The van der Waals surface area contributed by atoms with Gasteiger partial charge in [-0.2, -0.15) is 0 Å². The van der Waals surface area contributed by atoms with Gasteiger partial charge in [0.2, 0.25) is 0 Å². The van der Waals surface area contributed by atoms with Crippen molar-refractivity contribution in [3.05, 3.63) is 33.1 Å². The van der Waals surface area contributed by atoms with Crippen molar-refractivity contribution in [2.24, 2.45) is 0 Å². The highest BCUT2D eigenvalue weighted by atomic mass is 31.2. The van der Waals surface area contributed by atoms with Gasteiger partial charge in [0.25, 0.3) is 5.56 Å². The van der Waals surface area contributed by atoms with Crippen LogP contribution in [0, 0.1) is 0 Å². The van der Waals surface area contributed by atoms with Crippen LogP contribution in [-0.4, -0.2) is 59.3 Å². The Morgan fingerprint density at radius 3 is 2.41 bits per heavy atom. The molecule has 1 aliphatic rings. The maximum atomic E-state index is 12.0. The van der Waals surface area contributed by atoms with Gasteiger partial charge in [-0.3, -0.25) is 19.1 Å². The van der Waals surface area contributed by atoms with Gasteiger partial charge in [-0.25, -0.2) is 9.36 Å². The molecule has 1 aromatic heterocycles. The van der Waals surface area contributed by atoms with Gasteiger partial charge in [0.05, 0.1) is 6.61 Å². The van der Waals surface area contributed by atoms with Gasteiger partial charge in [0.15, 0.2) is 6.23 Å². The van der Waals surface area contributed by atoms with Crippen LogP contribution in [0.25, 0.3) is 0 Å². The van der Waals surface area contributed by atoms with Crippen LogP contribution in [0.3, 0.4) is 0 Å². The van der Waals surface area contributed by atoms with Gasteiger partial charge in [-0.1, -0.05) is 4.73 Å². The van der Waals surface area contributed by atoms with E-state index in [4.69, 9.17) is 19.6 Å². The highest BCUT2D eigenvalue weighted by Gasteiger charge is 2.44. The van der Waals surface area contributed by atoms with Gasteiger partial charge < -0.3 is 24.7 Å². The van der Waals surface area contributed by atoms with E-state index in [0.717, 1.165) is 12.3 Å². The molecule has 2 rings (SSSR count). The minimum Gasteiger partial charge on any atom is -0.394 e. The Morgan fingerprint density at radius 2 is 1.91 bits per heavy atom. The summed E-state index contributed by atoms with van der Waals surface area (Å²) in [4.78, 5) is 40.8. The fourth-order valence-electron chi connectivity index (χ4n) is 1.96. The van der Waals surface area contributed by atoms with Crippen molar-refractivity contribution in [2.45, 2.75) is 24.5 Å². The zero-order chi connectivity index (χ0) is 16.7. The molecule has 1 aromatic rings. The molecule has 0 aromatic carbocycles. The van der Waals surface area contributed by atoms with E-state index in [-0.39, 0.29) is 4.73 Å². The smallest absolute Gasteiger partial charge is 0.394 e. The zero-order valence-electron chi connectivity index (χ0n) is 10.8. The molecular weight excluding hydrogens is 327 g/mol. The molecule has 4 atom stereocenters. The summed E-state index contributed by atoms with van der Waals surface area (Å²) < 4.78 is 20.2. The number of rotatable bonds is 4. The standard InChI is InChI=1S/C9H13N2O10P/c12-3-4-6(14)7(15)8(20-4)10-2-1-5(13)11(9(10)16)21-22(17,18)19/h1-2,4,6-8,12,14-15H,3H2,(H2,17,18,19)/t4-,6-,7-,8-/m1/s1. The van der Waals surface area contributed by atoms with Crippen LogP contribution in [0.15, 0.2) is 21.9 Å². The van der Waals surface area contributed by atoms with E-state index >= 15 is 0 Å². The van der Waals surface area contributed by atoms with Crippen molar-refractivity contribution in [3.8, 4) is 0 Å². The van der Waals surface area contributed by atoms with Gasteiger partial charge in [0, 0.05) is 12.3 Å². The van der Waals surface area contributed by atoms with Crippen molar-refractivity contribution in [2.75, 3.05) is 6.61 Å². The second kappa shape index (κ2) is 5.93. The molecule has 0 bridgehead atoms. The van der Waals surface area contributed by atoms with Crippen LogP contribution < -0.4 is 15.9 Å². The Morgan fingerprint density at radius 1 is 1.27 bits per heavy atom. The van der Waals surface area contributed by atoms with Crippen LogP contribution in [-0.2, 0) is 9.30 Å². The summed E-state index contributed by atoms with van der Waals surface area (Å²) in [5, 5.41) is 28.4. The highest BCUT2D eigenvalue weighted by Crippen LogP contribution is 2.30. The lowest BCUT2D eigenvalue weighted by atomic mass is 10.1. The molecule has 0 amide bonds. The maximum absolute atomic E-state index is 12.0. The van der Waals surface area contributed by atoms with E-state index in [0.29, 0.717) is 4.57 Å². The summed E-state index contributed by atoms with van der Waals surface area (Å²) >= 11 is 0. The average Bonchev–Trinajstić information content (AvgIpc) is 2.70. The largest absolute Gasteiger partial charge is 0.544 e. The molecule has 1 fully saturated rings. The second-order valence-electron chi connectivity index (χ2n) is 4.44. The molecule has 0 spiro atoms. The second-order valence-corrected chi connectivity index (χ2v) is 5.58. The monoisotopic (exact) mass is 340 g/mol. The summed E-state index contributed by atoms with van der Waals surface area (Å²) in [5.74, 6) is 0. The number of aromatic nitrogens is 2. The molecule has 1 aliphatic heterocycles. The van der Waals surface area contributed by atoms with Crippen molar-refractivity contribution < 1.29 is 39.0 Å². The van der Waals surface area contributed by atoms with E-state index < -0.39 is 50.2 Å². The van der Waals surface area contributed by atoms with Crippen LogP contribution in [0.5, 0.6) is 0 Å². The Bertz CT molecular complexity index is 707. The third kappa shape index (κ3) is 3.13. The van der Waals surface area contributed by atoms with Gasteiger partial charge in [-0.05, 0) is 0 Å². The molecule has 13 heteroatoms. The summed E-state index contributed by atoms with van der Waals surface area (Å²) in [6.45, 7) is -0.637. The van der Waals surface area contributed by atoms with E-state index in [2.05, 4.69) is 4.62 Å². The summed E-state index contributed by atoms with van der Waals surface area (Å²) in [7, 11) is -5.18. The van der Waals surface area contributed by atoms with E-state index in [9.17, 15) is 24.4 Å². The SMILES string of the molecule is O=c1ccn([C@@H]2O[C@H](CO)[C@@H](O)[C@H]2O)c(=O)n1OP(=O)(O)O. The number of aliphatic hydroxyl groups is 3. The Kier molecular flexibility index (Phi) is 4.54. The van der Waals surface area contributed by atoms with Crippen molar-refractivity contribution in [1.82, 2.24) is 9.30 Å². The van der Waals surface area contributed by atoms with Gasteiger partial charge >= 0.3 is 13.5 Å². The molecule has 124 valence electrons. The summed E-state index contributed by atoms with van der Waals surface area (Å²) in [5.41, 5.74) is -2.50. The normalized spacial score (nSPS) is 28.8. The number of hydrogen-bond acceptors (Lipinski definition) is 8. The van der Waals surface area contributed by atoms with Crippen LogP contribution in [0.1, 0.15) is 6.23 Å². The Hall–Kier alpha value is -1.53. The van der Waals surface area contributed by atoms with Crippen molar-refractivity contribution >= 4 is 7.82 Å². The van der Waals surface area contributed by atoms with E-state index in [1.165, 1.54) is 0 Å². The first kappa shape index (κ1) is 16.8. The lowest BCUT2D eigenvalue weighted by Crippen LogP contribution is -2.45. The average molecular weight is 340 g/mol. The number of ether oxygens (including phenoxy) is 1. The Balaban J connectivity index is 2.46. The van der Waals surface area contributed by atoms with E-state index in [1.54, 1.807) is 0 Å². The topological polar surface area (TPSA) is 181 Å². The predicted octanol–water partition coefficient (Wildman–Crippen LogP) is -3.86. The third-order valence-corrected chi connectivity index (χ3v) is 3.33.